The van der Waals surface area contributed by atoms with E-state index in [9.17, 15) is 0 Å². The Labute approximate surface area is 301 Å². The second-order valence-electron chi connectivity index (χ2n) is 13.2. The fraction of sp³-hybridized carbons (Fsp3) is 0. The molecule has 52 heavy (non-hydrogen) atoms. The Bertz CT molecular complexity index is 2870. The molecular formula is C49H32N2O. The molecule has 0 spiro atoms. The highest BCUT2D eigenvalue weighted by Gasteiger charge is 2.15. The van der Waals surface area contributed by atoms with E-state index in [0.717, 1.165) is 50.1 Å². The van der Waals surface area contributed by atoms with Crippen LogP contribution in [0.1, 0.15) is 0 Å². The molecule has 9 aromatic carbocycles. The SMILES string of the molecule is c1ccc(-c2nc3ccc4c5cc(-c6ccc(N(c7ccccc7)c7ccc(-c8cccc9ccccc89)cc7)cc6)ccc5ccc4c3o2)cc1. The molecule has 244 valence electrons. The van der Waals surface area contributed by atoms with E-state index in [1.54, 1.807) is 0 Å². The number of rotatable bonds is 6. The van der Waals surface area contributed by atoms with Gasteiger partial charge in [0, 0.05) is 28.0 Å². The van der Waals surface area contributed by atoms with Crippen molar-refractivity contribution < 1.29 is 4.42 Å². The normalized spacial score (nSPS) is 11.5. The van der Waals surface area contributed by atoms with E-state index in [2.05, 4.69) is 169 Å². The number of hydrogen-bond donors (Lipinski definition) is 0. The molecule has 10 rings (SSSR count). The third kappa shape index (κ3) is 5.19. The fourth-order valence-electron chi connectivity index (χ4n) is 7.50. The summed E-state index contributed by atoms with van der Waals surface area (Å²) in [7, 11) is 0. The van der Waals surface area contributed by atoms with Crippen molar-refractivity contribution in [3.05, 3.63) is 194 Å². The molecule has 1 aromatic heterocycles. The lowest BCUT2D eigenvalue weighted by Crippen LogP contribution is -2.09. The summed E-state index contributed by atoms with van der Waals surface area (Å²) < 4.78 is 6.37. The minimum Gasteiger partial charge on any atom is -0.435 e. The molecule has 0 saturated carbocycles. The molecule has 3 heteroatoms. The maximum absolute atomic E-state index is 6.37. The predicted molar refractivity (Wildman–Crippen MR) is 218 cm³/mol. The number of oxazole rings is 1. The summed E-state index contributed by atoms with van der Waals surface area (Å²) in [5.41, 5.74) is 10.7. The Hall–Kier alpha value is -6.97. The van der Waals surface area contributed by atoms with Gasteiger partial charge < -0.3 is 9.32 Å². The number of para-hydroxylation sites is 1. The van der Waals surface area contributed by atoms with Gasteiger partial charge in [0.25, 0.3) is 0 Å². The van der Waals surface area contributed by atoms with Gasteiger partial charge in [-0.3, -0.25) is 0 Å². The zero-order chi connectivity index (χ0) is 34.4. The number of aromatic nitrogens is 1. The highest BCUT2D eigenvalue weighted by molar-refractivity contribution is 6.16. The first-order chi connectivity index (χ1) is 25.8. The summed E-state index contributed by atoms with van der Waals surface area (Å²) in [5.74, 6) is 0.641. The highest BCUT2D eigenvalue weighted by Crippen LogP contribution is 2.39. The highest BCUT2D eigenvalue weighted by atomic mass is 16.3. The summed E-state index contributed by atoms with van der Waals surface area (Å²) in [6.45, 7) is 0. The third-order valence-electron chi connectivity index (χ3n) is 10.1. The fourth-order valence-corrected chi connectivity index (χ4v) is 7.50. The lowest BCUT2D eigenvalue weighted by Gasteiger charge is -2.26. The smallest absolute Gasteiger partial charge is 0.227 e. The number of fused-ring (bicyclic) bond motifs is 6. The van der Waals surface area contributed by atoms with Crippen molar-refractivity contribution in [1.82, 2.24) is 4.98 Å². The van der Waals surface area contributed by atoms with E-state index in [4.69, 9.17) is 9.40 Å². The lowest BCUT2D eigenvalue weighted by molar-refractivity contribution is 0.623. The van der Waals surface area contributed by atoms with E-state index in [1.807, 2.05) is 30.3 Å². The monoisotopic (exact) mass is 664 g/mol. The summed E-state index contributed by atoms with van der Waals surface area (Å²) in [5, 5.41) is 7.12. The maximum atomic E-state index is 6.37. The summed E-state index contributed by atoms with van der Waals surface area (Å²) in [6, 6.07) is 68.8. The quantitative estimate of drug-likeness (QED) is 0.166. The van der Waals surface area contributed by atoms with Gasteiger partial charge in [-0.25, -0.2) is 4.98 Å². The van der Waals surface area contributed by atoms with E-state index in [1.165, 1.54) is 38.2 Å². The number of anilines is 3. The number of hydrogen-bond acceptors (Lipinski definition) is 3. The molecule has 0 amide bonds. The van der Waals surface area contributed by atoms with Crippen LogP contribution in [0.2, 0.25) is 0 Å². The first kappa shape index (κ1) is 29.9. The van der Waals surface area contributed by atoms with Crippen molar-refractivity contribution in [3.8, 4) is 33.7 Å². The van der Waals surface area contributed by atoms with Gasteiger partial charge in [0.05, 0.1) is 0 Å². The largest absolute Gasteiger partial charge is 0.435 e. The van der Waals surface area contributed by atoms with Crippen LogP contribution in [0.25, 0.3) is 77.1 Å². The van der Waals surface area contributed by atoms with Gasteiger partial charge in [-0.2, -0.15) is 0 Å². The van der Waals surface area contributed by atoms with Crippen LogP contribution in [0.4, 0.5) is 17.1 Å². The van der Waals surface area contributed by atoms with Crippen LogP contribution < -0.4 is 4.90 Å². The average Bonchev–Trinajstić information content (AvgIpc) is 3.67. The van der Waals surface area contributed by atoms with Crippen molar-refractivity contribution in [3.63, 3.8) is 0 Å². The van der Waals surface area contributed by atoms with Crippen LogP contribution in [-0.2, 0) is 0 Å². The molecule has 0 aliphatic heterocycles. The van der Waals surface area contributed by atoms with E-state index in [0.29, 0.717) is 5.89 Å². The molecule has 10 aromatic rings. The molecule has 0 aliphatic rings. The van der Waals surface area contributed by atoms with Crippen LogP contribution in [0.15, 0.2) is 199 Å². The molecule has 3 nitrogen and oxygen atoms in total. The lowest BCUT2D eigenvalue weighted by atomic mass is 9.96. The van der Waals surface area contributed by atoms with Gasteiger partial charge in [-0.05, 0) is 116 Å². The van der Waals surface area contributed by atoms with Gasteiger partial charge in [0.15, 0.2) is 5.58 Å². The summed E-state index contributed by atoms with van der Waals surface area (Å²) in [6.07, 6.45) is 0. The molecule has 0 N–H and O–H groups in total. The van der Waals surface area contributed by atoms with E-state index < -0.39 is 0 Å². The van der Waals surface area contributed by atoms with Crippen LogP contribution in [0.5, 0.6) is 0 Å². The molecule has 0 radical (unpaired) electrons. The van der Waals surface area contributed by atoms with Crippen LogP contribution in [0.3, 0.4) is 0 Å². The standard InChI is InChI=1S/C49H32N2O/c1-3-11-37(12-4-1)49-50-47-31-30-44-45(48(47)52-49)29-24-36-18-19-38(32-46(36)44)33-20-25-40(26-21-33)51(39-14-5-2-6-15-39)41-27-22-35(23-28-41)43-17-9-13-34-10-7-8-16-42(34)43/h1-32H. The van der Waals surface area contributed by atoms with Crippen molar-refractivity contribution in [2.24, 2.45) is 0 Å². The maximum Gasteiger partial charge on any atom is 0.227 e. The zero-order valence-corrected chi connectivity index (χ0v) is 28.3. The van der Waals surface area contributed by atoms with Crippen LogP contribution in [-0.4, -0.2) is 4.98 Å². The Kier molecular flexibility index (Phi) is 7.14. The molecule has 0 aliphatic carbocycles. The molecule has 1 heterocycles. The van der Waals surface area contributed by atoms with Crippen molar-refractivity contribution in [2.45, 2.75) is 0 Å². The number of benzene rings is 9. The zero-order valence-electron chi connectivity index (χ0n) is 28.3. The van der Waals surface area contributed by atoms with Crippen molar-refractivity contribution >= 4 is 60.5 Å². The first-order valence-electron chi connectivity index (χ1n) is 17.6. The van der Waals surface area contributed by atoms with E-state index in [-0.39, 0.29) is 0 Å². The summed E-state index contributed by atoms with van der Waals surface area (Å²) in [4.78, 5) is 7.12. The third-order valence-corrected chi connectivity index (χ3v) is 10.1. The van der Waals surface area contributed by atoms with Crippen LogP contribution >= 0.6 is 0 Å². The Morgan fingerprint density at radius 2 is 0.962 bits per heavy atom. The number of nitrogens with zero attached hydrogens (tertiary/aromatic N) is 2. The molecule has 0 bridgehead atoms. The minimum atomic E-state index is 0.641. The minimum absolute atomic E-state index is 0.641. The topological polar surface area (TPSA) is 29.3 Å². The van der Waals surface area contributed by atoms with Gasteiger partial charge in [-0.1, -0.05) is 127 Å². The van der Waals surface area contributed by atoms with Gasteiger partial charge in [-0.15, -0.1) is 0 Å². The van der Waals surface area contributed by atoms with Gasteiger partial charge in [0.1, 0.15) is 5.52 Å². The Morgan fingerprint density at radius 1 is 0.365 bits per heavy atom. The second-order valence-corrected chi connectivity index (χ2v) is 13.2. The second kappa shape index (κ2) is 12.4. The average molecular weight is 665 g/mol. The summed E-state index contributed by atoms with van der Waals surface area (Å²) >= 11 is 0. The van der Waals surface area contributed by atoms with Gasteiger partial charge >= 0.3 is 0 Å². The Morgan fingerprint density at radius 3 is 1.75 bits per heavy atom. The van der Waals surface area contributed by atoms with Crippen molar-refractivity contribution in [2.75, 3.05) is 4.90 Å². The molecule has 0 unspecified atom stereocenters. The predicted octanol–water partition coefficient (Wildman–Crippen LogP) is 13.8. The van der Waals surface area contributed by atoms with Crippen molar-refractivity contribution in [1.29, 1.82) is 0 Å². The Balaban J connectivity index is 1.01. The molecule has 0 fully saturated rings. The van der Waals surface area contributed by atoms with Crippen LogP contribution in [0, 0.1) is 0 Å². The molecule has 0 saturated heterocycles. The van der Waals surface area contributed by atoms with Gasteiger partial charge in [0.2, 0.25) is 5.89 Å². The van der Waals surface area contributed by atoms with E-state index >= 15 is 0 Å². The molecule has 0 atom stereocenters. The first-order valence-corrected chi connectivity index (χ1v) is 17.6. The molecular weight excluding hydrogens is 633 g/mol.